The van der Waals surface area contributed by atoms with Gasteiger partial charge in [-0.15, -0.1) is 0 Å². The number of aromatic nitrogens is 2. The zero-order chi connectivity index (χ0) is 16.0. The second kappa shape index (κ2) is 8.43. The molecule has 1 unspecified atom stereocenters. The van der Waals surface area contributed by atoms with Crippen LogP contribution < -0.4 is 5.32 Å². The van der Waals surface area contributed by atoms with Gasteiger partial charge in [0.25, 0.3) is 0 Å². The largest absolute Gasteiger partial charge is 0.480 e. The Hall–Kier alpha value is -1.02. The maximum atomic E-state index is 11.0. The summed E-state index contributed by atoms with van der Waals surface area (Å²) in [6.45, 7) is 3.37. The van der Waals surface area contributed by atoms with Crippen molar-refractivity contribution in [2.24, 2.45) is 7.05 Å². The summed E-state index contributed by atoms with van der Waals surface area (Å²) in [5.74, 6) is 0.0717. The number of aryl methyl sites for hydroxylation is 2. The Morgan fingerprint density at radius 2 is 2.19 bits per heavy atom. The van der Waals surface area contributed by atoms with E-state index in [1.54, 1.807) is 11.8 Å². The first kappa shape index (κ1) is 18.0. The Kier molecular flexibility index (Phi) is 7.24. The fraction of sp³-hybridized carbons (Fsp3) is 0.615. The molecule has 0 saturated heterocycles. The molecule has 118 valence electrons. The molecule has 8 heteroatoms. The number of hydrogen-bond donors (Lipinski definition) is 2. The number of aliphatic carboxylic acids is 1. The maximum Gasteiger partial charge on any atom is 0.326 e. The molecule has 0 fully saturated rings. The second-order valence-corrected chi connectivity index (χ2v) is 6.52. The predicted molar refractivity (Wildman–Crippen MR) is 86.3 cm³/mol. The first-order chi connectivity index (χ1) is 9.86. The Morgan fingerprint density at radius 1 is 1.52 bits per heavy atom. The minimum atomic E-state index is -0.999. The van der Waals surface area contributed by atoms with Crippen LogP contribution in [0.4, 0.5) is 0 Å². The summed E-state index contributed by atoms with van der Waals surface area (Å²) in [5, 5.41) is 15.9. The van der Waals surface area contributed by atoms with Crippen LogP contribution in [0.1, 0.15) is 31.7 Å². The fourth-order valence-corrected chi connectivity index (χ4v) is 3.86. The predicted octanol–water partition coefficient (Wildman–Crippen LogP) is 1.96. The van der Waals surface area contributed by atoms with Gasteiger partial charge in [-0.05, 0) is 34.5 Å². The summed E-state index contributed by atoms with van der Waals surface area (Å²) >= 11 is 5.18. The summed E-state index contributed by atoms with van der Waals surface area (Å²) < 4.78 is 2.87. The van der Waals surface area contributed by atoms with E-state index in [1.807, 2.05) is 11.7 Å². The summed E-state index contributed by atoms with van der Waals surface area (Å²) in [6, 6.07) is -0.823. The van der Waals surface area contributed by atoms with Crippen LogP contribution in [0.2, 0.25) is 0 Å². The summed E-state index contributed by atoms with van der Waals surface area (Å²) in [4.78, 5) is 21.9. The van der Waals surface area contributed by atoms with Crippen molar-refractivity contribution >= 4 is 39.6 Å². The Morgan fingerprint density at radius 3 is 2.67 bits per heavy atom. The van der Waals surface area contributed by atoms with Crippen LogP contribution in [0.15, 0.2) is 4.47 Å². The van der Waals surface area contributed by atoms with Crippen molar-refractivity contribution in [3.05, 3.63) is 15.9 Å². The fourth-order valence-electron chi connectivity index (χ4n) is 1.85. The second-order valence-electron chi connectivity index (χ2n) is 4.62. The number of carboxylic acid groups (broad SMARTS) is 1. The lowest BCUT2D eigenvalue weighted by Crippen LogP contribution is -2.39. The number of thioether (sulfide) groups is 1. The highest BCUT2D eigenvalue weighted by Crippen LogP contribution is 2.25. The molecule has 0 saturated carbocycles. The Bertz CT molecular complexity index is 519. The molecule has 1 rings (SSSR count). The van der Waals surface area contributed by atoms with Crippen LogP contribution >= 0.6 is 27.7 Å². The maximum absolute atomic E-state index is 11.0. The molecule has 0 radical (unpaired) electrons. The third-order valence-corrected chi connectivity index (χ3v) is 4.89. The van der Waals surface area contributed by atoms with Gasteiger partial charge < -0.3 is 10.4 Å². The number of nitrogens with zero attached hydrogens (tertiary/aromatic N) is 2. The van der Waals surface area contributed by atoms with E-state index < -0.39 is 12.0 Å². The topological polar surface area (TPSA) is 84.2 Å². The van der Waals surface area contributed by atoms with Gasteiger partial charge in [-0.1, -0.05) is 6.92 Å². The normalized spacial score (nSPS) is 12.2. The summed E-state index contributed by atoms with van der Waals surface area (Å²) in [7, 11) is 1.90. The SMILES string of the molecule is CCc1nn(C)c(CSCCC(NC(C)=O)C(=O)O)c1Br. The van der Waals surface area contributed by atoms with Gasteiger partial charge in [0.1, 0.15) is 6.04 Å². The van der Waals surface area contributed by atoms with Crippen molar-refractivity contribution in [2.45, 2.75) is 38.5 Å². The highest BCUT2D eigenvalue weighted by atomic mass is 79.9. The van der Waals surface area contributed by atoms with Crippen LogP contribution in [-0.2, 0) is 28.8 Å². The molecule has 1 heterocycles. The van der Waals surface area contributed by atoms with Gasteiger partial charge in [-0.25, -0.2) is 4.79 Å². The lowest BCUT2D eigenvalue weighted by atomic mass is 10.2. The van der Waals surface area contributed by atoms with Crippen LogP contribution in [-0.4, -0.2) is 38.6 Å². The van der Waals surface area contributed by atoms with Gasteiger partial charge in [0, 0.05) is 19.7 Å². The molecular weight excluding hydrogens is 358 g/mol. The van der Waals surface area contributed by atoms with Gasteiger partial charge in [-0.3, -0.25) is 9.48 Å². The van der Waals surface area contributed by atoms with Crippen molar-refractivity contribution in [1.29, 1.82) is 0 Å². The van der Waals surface area contributed by atoms with Gasteiger partial charge in [-0.2, -0.15) is 16.9 Å². The van der Waals surface area contributed by atoms with E-state index in [9.17, 15) is 9.59 Å². The minimum Gasteiger partial charge on any atom is -0.480 e. The molecule has 0 aliphatic carbocycles. The summed E-state index contributed by atoms with van der Waals surface area (Å²) in [6.07, 6.45) is 1.26. The molecule has 1 aromatic rings. The third-order valence-electron chi connectivity index (χ3n) is 2.97. The van der Waals surface area contributed by atoms with E-state index in [-0.39, 0.29) is 5.91 Å². The number of amides is 1. The minimum absolute atomic E-state index is 0.325. The van der Waals surface area contributed by atoms with Crippen LogP contribution in [0.5, 0.6) is 0 Å². The van der Waals surface area contributed by atoms with Crippen LogP contribution in [0, 0.1) is 0 Å². The first-order valence-electron chi connectivity index (χ1n) is 6.64. The molecular formula is C13H20BrN3O3S. The Labute approximate surface area is 136 Å². The average molecular weight is 378 g/mol. The lowest BCUT2D eigenvalue weighted by Gasteiger charge is -2.12. The summed E-state index contributed by atoms with van der Waals surface area (Å²) in [5.41, 5.74) is 2.11. The van der Waals surface area contributed by atoms with Gasteiger partial charge in [0.05, 0.1) is 15.9 Å². The van der Waals surface area contributed by atoms with E-state index in [4.69, 9.17) is 5.11 Å². The molecule has 0 aliphatic heterocycles. The number of hydrogen-bond acceptors (Lipinski definition) is 4. The van der Waals surface area contributed by atoms with E-state index in [0.717, 1.165) is 28.0 Å². The van der Waals surface area contributed by atoms with E-state index in [0.29, 0.717) is 12.2 Å². The number of halogens is 1. The number of rotatable bonds is 8. The lowest BCUT2D eigenvalue weighted by molar-refractivity contribution is -0.141. The molecule has 1 atom stereocenters. The van der Waals surface area contributed by atoms with E-state index >= 15 is 0 Å². The van der Waals surface area contributed by atoms with Gasteiger partial charge in [0.15, 0.2) is 0 Å². The molecule has 6 nitrogen and oxygen atoms in total. The average Bonchev–Trinajstić information content (AvgIpc) is 2.68. The third kappa shape index (κ3) is 5.35. The van der Waals surface area contributed by atoms with Crippen molar-refractivity contribution in [2.75, 3.05) is 5.75 Å². The zero-order valence-corrected chi connectivity index (χ0v) is 14.8. The van der Waals surface area contributed by atoms with Crippen molar-refractivity contribution < 1.29 is 14.7 Å². The van der Waals surface area contributed by atoms with Gasteiger partial charge >= 0.3 is 5.97 Å². The highest BCUT2D eigenvalue weighted by Gasteiger charge is 2.18. The van der Waals surface area contributed by atoms with Crippen LogP contribution in [0.25, 0.3) is 0 Å². The molecule has 1 aromatic heterocycles. The first-order valence-corrected chi connectivity index (χ1v) is 8.59. The molecule has 1 amide bonds. The van der Waals surface area contributed by atoms with E-state index in [1.165, 1.54) is 6.92 Å². The molecule has 2 N–H and O–H groups in total. The molecule has 0 aromatic carbocycles. The van der Waals surface area contributed by atoms with Crippen LogP contribution in [0.3, 0.4) is 0 Å². The van der Waals surface area contributed by atoms with Crippen molar-refractivity contribution in [3.63, 3.8) is 0 Å². The van der Waals surface area contributed by atoms with E-state index in [2.05, 4.69) is 33.3 Å². The molecule has 0 aliphatic rings. The molecule has 0 spiro atoms. The van der Waals surface area contributed by atoms with Gasteiger partial charge in [0.2, 0.25) is 5.91 Å². The Balaban J connectivity index is 2.48. The number of carbonyl (C=O) groups is 2. The number of carboxylic acids is 1. The zero-order valence-electron chi connectivity index (χ0n) is 12.4. The van der Waals surface area contributed by atoms with Crippen molar-refractivity contribution in [1.82, 2.24) is 15.1 Å². The highest BCUT2D eigenvalue weighted by molar-refractivity contribution is 9.10. The quantitative estimate of drug-likeness (QED) is 0.676. The molecule has 21 heavy (non-hydrogen) atoms. The number of carbonyl (C=O) groups excluding carboxylic acids is 1. The standard InChI is InChI=1S/C13H20BrN3O3S/c1-4-9-12(14)11(17(3)16-9)7-21-6-5-10(13(19)20)15-8(2)18/h10H,4-7H2,1-3H3,(H,15,18)(H,19,20). The monoisotopic (exact) mass is 377 g/mol. The smallest absolute Gasteiger partial charge is 0.326 e. The number of nitrogens with one attached hydrogen (secondary N) is 1. The van der Waals surface area contributed by atoms with Crippen molar-refractivity contribution in [3.8, 4) is 0 Å². The molecule has 0 bridgehead atoms.